The fraction of sp³-hybridized carbons (Fsp3) is 0.435. The zero-order valence-corrected chi connectivity index (χ0v) is 18.1. The predicted octanol–water partition coefficient (Wildman–Crippen LogP) is 4.16. The lowest BCUT2D eigenvalue weighted by molar-refractivity contribution is -0.137. The van der Waals surface area contributed by atoms with Gasteiger partial charge in [-0.2, -0.15) is 18.4 Å². The minimum absolute atomic E-state index is 0.0282. The molecule has 2 aliphatic rings. The minimum Gasteiger partial charge on any atom is -0.353 e. The monoisotopic (exact) mass is 469 g/mol. The lowest BCUT2D eigenvalue weighted by Crippen LogP contribution is -2.42. The first-order valence-electron chi connectivity index (χ1n) is 11.2. The number of rotatable bonds is 5. The third kappa shape index (κ3) is 4.53. The summed E-state index contributed by atoms with van der Waals surface area (Å²) < 4.78 is 39.7. The molecule has 0 spiro atoms. The van der Waals surface area contributed by atoms with Crippen molar-refractivity contribution in [3.05, 3.63) is 35.8 Å². The van der Waals surface area contributed by atoms with Gasteiger partial charge in [0, 0.05) is 41.3 Å². The highest BCUT2D eigenvalue weighted by molar-refractivity contribution is 5.94. The van der Waals surface area contributed by atoms with Crippen molar-refractivity contribution >= 4 is 22.9 Å². The Morgan fingerprint density at radius 3 is 2.68 bits per heavy atom. The average molecular weight is 469 g/mol. The SMILES string of the molecule is N#Cc1cnc(N[C@@H]2CCC[C@H](NC(=O)C3CC3)C2)nc1-c1c[nH]c2ncc(C(F)(F)F)cc12. The van der Waals surface area contributed by atoms with E-state index in [0.29, 0.717) is 5.56 Å². The Morgan fingerprint density at radius 2 is 1.94 bits per heavy atom. The number of halogens is 3. The second-order valence-electron chi connectivity index (χ2n) is 8.88. The number of aromatic nitrogens is 4. The van der Waals surface area contributed by atoms with Gasteiger partial charge in [0.1, 0.15) is 11.7 Å². The molecule has 2 atom stereocenters. The molecular formula is C23H22F3N7O. The fourth-order valence-electron chi connectivity index (χ4n) is 4.39. The van der Waals surface area contributed by atoms with Crippen LogP contribution in [0.2, 0.25) is 0 Å². The topological polar surface area (TPSA) is 119 Å². The van der Waals surface area contributed by atoms with Crippen LogP contribution in [0.5, 0.6) is 0 Å². The normalized spacial score (nSPS) is 20.6. The maximum atomic E-state index is 13.2. The molecule has 8 nitrogen and oxygen atoms in total. The summed E-state index contributed by atoms with van der Waals surface area (Å²) in [6.07, 6.45) is 4.44. The second-order valence-corrected chi connectivity index (χ2v) is 8.88. The van der Waals surface area contributed by atoms with Crippen LogP contribution in [0.4, 0.5) is 19.1 Å². The first kappa shape index (κ1) is 22.1. The van der Waals surface area contributed by atoms with E-state index in [0.717, 1.165) is 50.8 Å². The maximum Gasteiger partial charge on any atom is 0.417 e. The van der Waals surface area contributed by atoms with Gasteiger partial charge in [0.05, 0.1) is 23.0 Å². The largest absolute Gasteiger partial charge is 0.417 e. The van der Waals surface area contributed by atoms with Gasteiger partial charge < -0.3 is 15.6 Å². The van der Waals surface area contributed by atoms with Crippen molar-refractivity contribution in [3.63, 3.8) is 0 Å². The molecule has 2 fully saturated rings. The van der Waals surface area contributed by atoms with Crippen molar-refractivity contribution in [2.45, 2.75) is 56.8 Å². The summed E-state index contributed by atoms with van der Waals surface area (Å²) in [4.78, 5) is 27.5. The highest BCUT2D eigenvalue weighted by Crippen LogP contribution is 2.35. The minimum atomic E-state index is -4.54. The van der Waals surface area contributed by atoms with Crippen molar-refractivity contribution in [2.75, 3.05) is 5.32 Å². The van der Waals surface area contributed by atoms with Crippen LogP contribution in [0.3, 0.4) is 0 Å². The molecule has 3 aromatic rings. The van der Waals surface area contributed by atoms with Crippen molar-refractivity contribution in [1.29, 1.82) is 5.26 Å². The summed E-state index contributed by atoms with van der Waals surface area (Å²) >= 11 is 0. The van der Waals surface area contributed by atoms with E-state index in [1.807, 2.05) is 6.07 Å². The smallest absolute Gasteiger partial charge is 0.353 e. The molecule has 1 amide bonds. The fourth-order valence-corrected chi connectivity index (χ4v) is 4.39. The van der Waals surface area contributed by atoms with Crippen LogP contribution in [-0.2, 0) is 11.0 Å². The lowest BCUT2D eigenvalue weighted by Gasteiger charge is -2.30. The highest BCUT2D eigenvalue weighted by Gasteiger charge is 2.33. The van der Waals surface area contributed by atoms with Crippen molar-refractivity contribution in [1.82, 2.24) is 25.3 Å². The first-order valence-corrected chi connectivity index (χ1v) is 11.2. The summed E-state index contributed by atoms with van der Waals surface area (Å²) in [5, 5.41) is 16.2. The van der Waals surface area contributed by atoms with Crippen LogP contribution < -0.4 is 10.6 Å². The number of amides is 1. The molecule has 0 radical (unpaired) electrons. The summed E-state index contributed by atoms with van der Waals surface area (Å²) in [6.45, 7) is 0. The van der Waals surface area contributed by atoms with E-state index < -0.39 is 11.7 Å². The number of fused-ring (bicyclic) bond motifs is 1. The molecule has 0 bridgehead atoms. The predicted molar refractivity (Wildman–Crippen MR) is 117 cm³/mol. The Hall–Kier alpha value is -3.68. The number of pyridine rings is 1. The number of nitriles is 1. The average Bonchev–Trinajstić information content (AvgIpc) is 3.58. The van der Waals surface area contributed by atoms with Gasteiger partial charge in [-0.15, -0.1) is 0 Å². The van der Waals surface area contributed by atoms with Gasteiger partial charge >= 0.3 is 6.18 Å². The Bertz CT molecular complexity index is 1280. The van der Waals surface area contributed by atoms with Crippen molar-refractivity contribution in [3.8, 4) is 17.3 Å². The Morgan fingerprint density at radius 1 is 1.15 bits per heavy atom. The van der Waals surface area contributed by atoms with Gasteiger partial charge in [0.2, 0.25) is 11.9 Å². The number of alkyl halides is 3. The Kier molecular flexibility index (Phi) is 5.59. The van der Waals surface area contributed by atoms with Gasteiger partial charge in [-0.3, -0.25) is 4.79 Å². The van der Waals surface area contributed by atoms with Gasteiger partial charge in [-0.1, -0.05) is 0 Å². The molecule has 5 rings (SSSR count). The number of H-pyrrole nitrogens is 1. The molecule has 176 valence electrons. The number of hydrogen-bond acceptors (Lipinski definition) is 6. The van der Waals surface area contributed by atoms with Crippen LogP contribution in [0.1, 0.15) is 49.7 Å². The number of nitrogens with one attached hydrogen (secondary N) is 3. The molecule has 0 saturated heterocycles. The van der Waals surface area contributed by atoms with E-state index in [9.17, 15) is 23.2 Å². The molecule has 34 heavy (non-hydrogen) atoms. The molecule has 3 aromatic heterocycles. The van der Waals surface area contributed by atoms with E-state index in [1.165, 1.54) is 12.4 Å². The molecule has 0 aromatic carbocycles. The Labute approximate surface area is 193 Å². The molecule has 3 N–H and O–H groups in total. The van der Waals surface area contributed by atoms with E-state index in [4.69, 9.17) is 0 Å². The maximum absolute atomic E-state index is 13.2. The number of carbonyl (C=O) groups excluding carboxylic acids is 1. The van der Waals surface area contributed by atoms with Gasteiger partial charge in [-0.05, 0) is 44.6 Å². The first-order chi connectivity index (χ1) is 16.3. The quantitative estimate of drug-likeness (QED) is 0.516. The lowest BCUT2D eigenvalue weighted by atomic mass is 9.91. The summed E-state index contributed by atoms with van der Waals surface area (Å²) in [5.41, 5.74) is 0.0902. The summed E-state index contributed by atoms with van der Waals surface area (Å²) in [7, 11) is 0. The number of hydrogen-bond donors (Lipinski definition) is 3. The molecule has 0 aliphatic heterocycles. The van der Waals surface area contributed by atoms with Crippen LogP contribution in [0.15, 0.2) is 24.7 Å². The standard InChI is InChI=1S/C23H22F3N7O/c24-23(25,26)14-6-17-18(11-29-20(17)28-10-14)19-13(8-27)9-30-22(33-19)32-16-3-1-2-15(7-16)31-21(34)12-4-5-12/h6,9-12,15-16H,1-5,7H2,(H,28,29)(H,31,34)(H,30,32,33)/t15-,16+/m0/s1. The second kappa shape index (κ2) is 8.59. The number of carbonyl (C=O) groups is 1. The van der Waals surface area contributed by atoms with E-state index in [1.54, 1.807) is 0 Å². The van der Waals surface area contributed by atoms with E-state index >= 15 is 0 Å². The van der Waals surface area contributed by atoms with Crippen LogP contribution >= 0.6 is 0 Å². The molecule has 3 heterocycles. The van der Waals surface area contributed by atoms with Gasteiger partial charge in [0.25, 0.3) is 0 Å². The van der Waals surface area contributed by atoms with Crippen LogP contribution in [0.25, 0.3) is 22.3 Å². The number of nitrogens with zero attached hydrogens (tertiary/aromatic N) is 4. The Balaban J connectivity index is 1.40. The van der Waals surface area contributed by atoms with Gasteiger partial charge in [-0.25, -0.2) is 15.0 Å². The molecule has 2 saturated carbocycles. The van der Waals surface area contributed by atoms with E-state index in [2.05, 4.69) is 30.6 Å². The number of anilines is 1. The number of aromatic amines is 1. The molecular weight excluding hydrogens is 447 g/mol. The zero-order chi connectivity index (χ0) is 23.9. The van der Waals surface area contributed by atoms with Crippen LogP contribution in [-0.4, -0.2) is 37.9 Å². The van der Waals surface area contributed by atoms with Crippen molar-refractivity contribution < 1.29 is 18.0 Å². The molecule has 0 unspecified atom stereocenters. The van der Waals surface area contributed by atoms with E-state index in [-0.39, 0.29) is 52.1 Å². The summed E-state index contributed by atoms with van der Waals surface area (Å²) in [6, 6.07) is 3.12. The zero-order valence-electron chi connectivity index (χ0n) is 18.1. The summed E-state index contributed by atoms with van der Waals surface area (Å²) in [5.74, 6) is 0.553. The molecule has 11 heteroatoms. The third-order valence-corrected chi connectivity index (χ3v) is 6.32. The van der Waals surface area contributed by atoms with Crippen molar-refractivity contribution in [2.24, 2.45) is 5.92 Å². The van der Waals surface area contributed by atoms with Gasteiger partial charge in [0.15, 0.2) is 0 Å². The molecule has 2 aliphatic carbocycles. The van der Waals surface area contributed by atoms with Crippen LogP contribution in [0, 0.1) is 17.2 Å². The highest BCUT2D eigenvalue weighted by atomic mass is 19.4. The third-order valence-electron chi connectivity index (χ3n) is 6.32.